The van der Waals surface area contributed by atoms with Crippen LogP contribution in [0.1, 0.15) is 31.0 Å². The zero-order valence-electron chi connectivity index (χ0n) is 11.3. The van der Waals surface area contributed by atoms with Crippen molar-refractivity contribution in [2.45, 2.75) is 31.0 Å². The smallest absolute Gasteiger partial charge is 0.266 e. The lowest BCUT2D eigenvalue weighted by Crippen LogP contribution is -2.52. The van der Waals surface area contributed by atoms with E-state index in [0.29, 0.717) is 0 Å². The summed E-state index contributed by atoms with van der Waals surface area (Å²) in [6.07, 6.45) is 0.381. The summed E-state index contributed by atoms with van der Waals surface area (Å²) in [5, 5.41) is 0. The number of nitrogens with zero attached hydrogens (tertiary/aromatic N) is 1. The number of hydrogen-bond donors (Lipinski definition) is 0. The predicted molar refractivity (Wildman–Crippen MR) is 84.8 cm³/mol. The van der Waals surface area contributed by atoms with Crippen molar-refractivity contribution < 1.29 is 12.6 Å². The fourth-order valence-corrected chi connectivity index (χ4v) is 4.17. The minimum absolute atomic E-state index is 0. The molecule has 2 unspecified atom stereocenters. The molecule has 0 aromatic heterocycles. The van der Waals surface area contributed by atoms with Gasteiger partial charge in [-0.1, -0.05) is 49.9 Å². The third-order valence-corrected chi connectivity index (χ3v) is 5.46. The molecule has 2 heterocycles. The predicted octanol–water partition coefficient (Wildman–Crippen LogP) is 3.16. The molecule has 2 aromatic carbocycles. The van der Waals surface area contributed by atoms with Crippen LogP contribution in [0.4, 0.5) is 0 Å². The van der Waals surface area contributed by atoms with Crippen molar-refractivity contribution >= 4 is 10.1 Å². The van der Waals surface area contributed by atoms with Crippen molar-refractivity contribution in [1.82, 2.24) is 4.90 Å². The van der Waals surface area contributed by atoms with Crippen molar-refractivity contribution in [3.63, 3.8) is 0 Å². The van der Waals surface area contributed by atoms with Crippen molar-refractivity contribution in [2.75, 3.05) is 6.54 Å². The van der Waals surface area contributed by atoms with Crippen molar-refractivity contribution in [3.05, 3.63) is 65.7 Å². The fourth-order valence-electron chi connectivity index (χ4n) is 3.03. The average Bonchev–Trinajstić information content (AvgIpc) is 2.49. The molecule has 2 atom stereocenters. The van der Waals surface area contributed by atoms with Gasteiger partial charge in [-0.2, -0.15) is 8.42 Å². The molecule has 0 saturated carbocycles. The average molecular weight is 317 g/mol. The first-order valence-corrected chi connectivity index (χ1v) is 8.40. The van der Waals surface area contributed by atoms with Crippen molar-refractivity contribution in [2.24, 2.45) is 0 Å². The van der Waals surface area contributed by atoms with Gasteiger partial charge in [0, 0.05) is 13.0 Å². The van der Waals surface area contributed by atoms with E-state index in [1.54, 1.807) is 18.2 Å². The van der Waals surface area contributed by atoms with Crippen molar-refractivity contribution in [3.8, 4) is 0 Å². The van der Waals surface area contributed by atoms with Gasteiger partial charge >= 0.3 is 0 Å². The van der Waals surface area contributed by atoms with Crippen molar-refractivity contribution in [1.29, 1.82) is 0 Å². The van der Waals surface area contributed by atoms with Crippen LogP contribution in [0.25, 0.3) is 0 Å². The normalized spacial score (nSPS) is 25.8. The van der Waals surface area contributed by atoms with Gasteiger partial charge in [0.1, 0.15) is 6.23 Å². The monoisotopic (exact) mass is 317 g/mol. The molecule has 0 aliphatic carbocycles. The molecule has 0 radical (unpaired) electrons. The van der Waals surface area contributed by atoms with Gasteiger partial charge in [-0.15, -0.1) is 0 Å². The van der Waals surface area contributed by atoms with Crippen LogP contribution < -0.4 is 0 Å². The van der Waals surface area contributed by atoms with E-state index in [1.807, 2.05) is 24.3 Å². The maximum absolute atomic E-state index is 12.2. The molecule has 22 heavy (non-hydrogen) atoms. The maximum Gasteiger partial charge on any atom is 0.298 e. The number of hydrogen-bond acceptors (Lipinski definition) is 4. The zero-order valence-corrected chi connectivity index (χ0v) is 12.2. The molecular weight excluding hydrogens is 298 g/mol. The third-order valence-electron chi connectivity index (χ3n) is 4.15. The summed E-state index contributed by atoms with van der Waals surface area (Å²) < 4.78 is 29.8. The van der Waals surface area contributed by atoms with E-state index in [2.05, 4.69) is 17.0 Å². The van der Waals surface area contributed by atoms with Gasteiger partial charge in [0.2, 0.25) is 0 Å². The molecular formula is C17H19NO3S. The first kappa shape index (κ1) is 15.2. The van der Waals surface area contributed by atoms with Crippen LogP contribution in [0.15, 0.2) is 59.5 Å². The molecule has 1 saturated heterocycles. The molecule has 1 fully saturated rings. The molecule has 2 aliphatic rings. The molecule has 0 spiro atoms. The van der Waals surface area contributed by atoms with Crippen LogP contribution >= 0.6 is 0 Å². The summed E-state index contributed by atoms with van der Waals surface area (Å²) >= 11 is 0. The fraction of sp³-hybridized carbons (Fsp3) is 0.294. The zero-order chi connectivity index (χ0) is 14.4. The highest BCUT2D eigenvalue weighted by molar-refractivity contribution is 7.86. The van der Waals surface area contributed by atoms with Gasteiger partial charge in [-0.3, -0.25) is 4.90 Å². The van der Waals surface area contributed by atoms with Gasteiger partial charge in [0.25, 0.3) is 10.1 Å². The molecule has 0 N–H and O–H groups in total. The van der Waals surface area contributed by atoms with Crippen LogP contribution in [0.5, 0.6) is 0 Å². The second-order valence-electron chi connectivity index (χ2n) is 5.42. The molecule has 4 nitrogen and oxygen atoms in total. The Labute approximate surface area is 131 Å². The standard InChI is InChI=1S/C16H15NO3S.CH4/c18-21(19)14-8-4-7-13(11-14)16(12-5-2-1-3-6-12)17-10-9-15(17)20-21;/h1-8,11,15-16H,9-10H2;1H4. The summed E-state index contributed by atoms with van der Waals surface area (Å²) in [6.45, 7) is 0.837. The van der Waals surface area contributed by atoms with E-state index in [4.69, 9.17) is 4.18 Å². The highest BCUT2D eigenvalue weighted by atomic mass is 32.2. The first-order valence-electron chi connectivity index (χ1n) is 6.99. The molecule has 2 aromatic rings. The topological polar surface area (TPSA) is 46.6 Å². The summed E-state index contributed by atoms with van der Waals surface area (Å²) in [4.78, 5) is 2.35. The van der Waals surface area contributed by atoms with E-state index in [9.17, 15) is 8.42 Å². The first-order chi connectivity index (χ1) is 10.1. The van der Waals surface area contributed by atoms with Crippen LogP contribution in [-0.2, 0) is 14.3 Å². The lowest BCUT2D eigenvalue weighted by molar-refractivity contribution is -0.0714. The van der Waals surface area contributed by atoms with Gasteiger partial charge in [-0.05, 0) is 23.3 Å². The Kier molecular flexibility index (Phi) is 3.80. The van der Waals surface area contributed by atoms with Crippen LogP contribution in [-0.4, -0.2) is 26.1 Å². The van der Waals surface area contributed by atoms with Gasteiger partial charge in [0.15, 0.2) is 0 Å². The lowest BCUT2D eigenvalue weighted by Gasteiger charge is -2.46. The highest BCUT2D eigenvalue weighted by Crippen LogP contribution is 2.39. The van der Waals surface area contributed by atoms with Gasteiger partial charge in [-0.25, -0.2) is 4.18 Å². The van der Waals surface area contributed by atoms with Gasteiger partial charge in [0.05, 0.1) is 10.9 Å². The Hall–Kier alpha value is -1.69. The Balaban J connectivity index is 0.00000144. The molecule has 2 bridgehead atoms. The van der Waals surface area contributed by atoms with E-state index in [-0.39, 0.29) is 24.6 Å². The SMILES string of the molecule is C.O=S1(=O)OC2CCN2C(c2ccccc2)c2cccc1c2. The van der Waals surface area contributed by atoms with Crippen LogP contribution in [0.2, 0.25) is 0 Å². The maximum atomic E-state index is 12.2. The number of benzene rings is 2. The Morgan fingerprint density at radius 2 is 1.73 bits per heavy atom. The summed E-state index contributed by atoms with van der Waals surface area (Å²) in [5.41, 5.74) is 2.15. The summed E-state index contributed by atoms with van der Waals surface area (Å²) in [7, 11) is -3.66. The molecule has 4 rings (SSSR count). The van der Waals surface area contributed by atoms with Crippen LogP contribution in [0.3, 0.4) is 0 Å². The Morgan fingerprint density at radius 3 is 2.41 bits per heavy atom. The molecule has 0 amide bonds. The number of fused-ring (bicyclic) bond motifs is 3. The minimum atomic E-state index is -3.66. The Morgan fingerprint density at radius 1 is 1.00 bits per heavy atom. The molecule has 116 valence electrons. The third kappa shape index (κ3) is 2.35. The van der Waals surface area contributed by atoms with E-state index >= 15 is 0 Å². The van der Waals surface area contributed by atoms with Gasteiger partial charge < -0.3 is 0 Å². The minimum Gasteiger partial charge on any atom is -0.266 e. The quantitative estimate of drug-likeness (QED) is 0.758. The second-order valence-corrected chi connectivity index (χ2v) is 6.99. The summed E-state index contributed by atoms with van der Waals surface area (Å²) in [6, 6.07) is 17.3. The molecule has 5 heteroatoms. The second kappa shape index (κ2) is 5.50. The number of rotatable bonds is 1. The van der Waals surface area contributed by atoms with E-state index in [1.165, 1.54) is 0 Å². The Bertz CT molecular complexity index is 774. The highest BCUT2D eigenvalue weighted by Gasteiger charge is 2.41. The van der Waals surface area contributed by atoms with E-state index < -0.39 is 10.1 Å². The largest absolute Gasteiger partial charge is 0.298 e. The molecule has 2 aliphatic heterocycles. The van der Waals surface area contributed by atoms with Crippen LogP contribution in [0, 0.1) is 0 Å². The lowest BCUT2D eigenvalue weighted by atomic mass is 9.94. The summed E-state index contributed by atoms with van der Waals surface area (Å²) in [5.74, 6) is 0. The van der Waals surface area contributed by atoms with E-state index in [0.717, 1.165) is 24.1 Å².